The molecule has 0 aliphatic carbocycles. The molecule has 9 nitrogen and oxygen atoms in total. The van der Waals surface area contributed by atoms with E-state index >= 15 is 0 Å². The Morgan fingerprint density at radius 3 is 2.72 bits per heavy atom. The van der Waals surface area contributed by atoms with Crippen LogP contribution in [0.15, 0.2) is 24.3 Å². The number of benzene rings is 1. The van der Waals surface area contributed by atoms with Crippen molar-refractivity contribution in [3.8, 4) is 0 Å². The van der Waals surface area contributed by atoms with Crippen molar-refractivity contribution >= 4 is 34.9 Å². The summed E-state index contributed by atoms with van der Waals surface area (Å²) in [5, 5.41) is 14.3. The van der Waals surface area contributed by atoms with E-state index in [1.54, 1.807) is 11.8 Å². The van der Waals surface area contributed by atoms with E-state index in [9.17, 15) is 14.4 Å². The van der Waals surface area contributed by atoms with E-state index in [4.69, 9.17) is 4.74 Å². The Bertz CT molecular complexity index is 883. The van der Waals surface area contributed by atoms with Crippen molar-refractivity contribution in [1.29, 1.82) is 0 Å². The van der Waals surface area contributed by atoms with Gasteiger partial charge in [-0.15, -0.1) is 10.2 Å². The summed E-state index contributed by atoms with van der Waals surface area (Å²) < 4.78 is 4.81. The fourth-order valence-electron chi connectivity index (χ4n) is 3.01. The van der Waals surface area contributed by atoms with Gasteiger partial charge < -0.3 is 20.3 Å². The molecule has 29 heavy (non-hydrogen) atoms. The second kappa shape index (κ2) is 9.46. The molecule has 0 bridgehead atoms. The summed E-state index contributed by atoms with van der Waals surface area (Å²) >= 11 is 1.17. The third-order valence-corrected chi connectivity index (χ3v) is 5.46. The number of aromatic nitrogens is 2. The quantitative estimate of drug-likeness (QED) is 0.698. The first-order chi connectivity index (χ1) is 14.0. The molecule has 1 atom stereocenters. The van der Waals surface area contributed by atoms with Gasteiger partial charge in [0.25, 0.3) is 5.91 Å². The predicted molar refractivity (Wildman–Crippen MR) is 108 cm³/mol. The van der Waals surface area contributed by atoms with Gasteiger partial charge in [0.15, 0.2) is 0 Å². The zero-order valence-corrected chi connectivity index (χ0v) is 17.1. The van der Waals surface area contributed by atoms with Crippen LogP contribution in [0, 0.1) is 6.92 Å². The van der Waals surface area contributed by atoms with Crippen LogP contribution in [-0.2, 0) is 9.53 Å². The minimum Gasteiger partial charge on any atom is -0.465 e. The number of anilines is 1. The van der Waals surface area contributed by atoms with Crippen LogP contribution in [-0.4, -0.2) is 52.7 Å². The summed E-state index contributed by atoms with van der Waals surface area (Å²) in [4.78, 5) is 37.9. The number of esters is 1. The smallest absolute Gasteiger partial charge is 0.325 e. The Morgan fingerprint density at radius 2 is 2.00 bits per heavy atom. The van der Waals surface area contributed by atoms with Gasteiger partial charge in [0.05, 0.1) is 12.6 Å². The molecule has 3 rings (SSSR count). The van der Waals surface area contributed by atoms with Crippen LogP contribution in [0.2, 0.25) is 0 Å². The van der Waals surface area contributed by atoms with Gasteiger partial charge in [-0.05, 0) is 38.8 Å². The molecule has 1 aliphatic rings. The van der Waals surface area contributed by atoms with E-state index in [0.717, 1.165) is 18.4 Å². The third kappa shape index (κ3) is 5.29. The molecular formula is C19H23N5O4S. The molecule has 3 amide bonds. The molecule has 1 aromatic carbocycles. The van der Waals surface area contributed by atoms with Crippen LogP contribution in [0.25, 0.3) is 0 Å². The molecule has 0 radical (unpaired) electrons. The number of hydrogen-bond acceptors (Lipinski definition) is 7. The lowest BCUT2D eigenvalue weighted by Gasteiger charge is -2.22. The maximum atomic E-state index is 12.4. The normalized spacial score (nSPS) is 15.8. The molecule has 1 aliphatic heterocycles. The number of rotatable bonds is 6. The topological polar surface area (TPSA) is 114 Å². The molecule has 154 valence electrons. The lowest BCUT2D eigenvalue weighted by molar-refractivity contribution is -0.141. The Kier molecular flexibility index (Phi) is 6.76. The van der Waals surface area contributed by atoms with E-state index in [-0.39, 0.29) is 36.1 Å². The van der Waals surface area contributed by atoms with Crippen molar-refractivity contribution in [3.05, 3.63) is 39.8 Å². The van der Waals surface area contributed by atoms with E-state index in [1.807, 2.05) is 31.2 Å². The van der Waals surface area contributed by atoms with Crippen molar-refractivity contribution in [3.63, 3.8) is 0 Å². The fraction of sp³-hybridized carbons (Fsp3) is 0.421. The van der Waals surface area contributed by atoms with Crippen molar-refractivity contribution in [2.45, 2.75) is 32.7 Å². The highest BCUT2D eigenvalue weighted by molar-refractivity contribution is 7.13. The predicted octanol–water partition coefficient (Wildman–Crippen LogP) is 2.51. The third-order valence-electron chi connectivity index (χ3n) is 4.43. The summed E-state index contributed by atoms with van der Waals surface area (Å²) in [5.41, 5.74) is 1.78. The monoisotopic (exact) mass is 417 g/mol. The van der Waals surface area contributed by atoms with Gasteiger partial charge in [-0.2, -0.15) is 0 Å². The number of aryl methyl sites for hydroxylation is 1. The highest BCUT2D eigenvalue weighted by Crippen LogP contribution is 2.33. The lowest BCUT2D eigenvalue weighted by Crippen LogP contribution is -2.42. The first-order valence-electron chi connectivity index (χ1n) is 9.39. The number of nitrogens with zero attached hydrogens (tertiary/aromatic N) is 3. The van der Waals surface area contributed by atoms with E-state index < -0.39 is 5.97 Å². The molecule has 0 spiro atoms. The largest absolute Gasteiger partial charge is 0.465 e. The number of hydrogen-bond donors (Lipinski definition) is 2. The highest BCUT2D eigenvalue weighted by Gasteiger charge is 2.33. The van der Waals surface area contributed by atoms with Gasteiger partial charge in [0.1, 0.15) is 11.6 Å². The second-order valence-electron chi connectivity index (χ2n) is 6.58. The minimum absolute atomic E-state index is 0.184. The van der Waals surface area contributed by atoms with Crippen LogP contribution in [0.1, 0.15) is 46.2 Å². The maximum Gasteiger partial charge on any atom is 0.325 e. The van der Waals surface area contributed by atoms with E-state index in [1.165, 1.54) is 11.3 Å². The summed E-state index contributed by atoms with van der Waals surface area (Å²) in [6, 6.07) is 6.83. The highest BCUT2D eigenvalue weighted by atomic mass is 32.1. The van der Waals surface area contributed by atoms with Crippen molar-refractivity contribution in [2.75, 3.05) is 25.0 Å². The molecule has 0 saturated carbocycles. The lowest BCUT2D eigenvalue weighted by atomic mass is 10.2. The average molecular weight is 417 g/mol. The van der Waals surface area contributed by atoms with E-state index in [0.29, 0.717) is 17.2 Å². The van der Waals surface area contributed by atoms with Crippen LogP contribution in [0.4, 0.5) is 10.5 Å². The Labute approximate surface area is 172 Å². The van der Waals surface area contributed by atoms with Crippen LogP contribution in [0.5, 0.6) is 0 Å². The number of carbonyl (C=O) groups is 3. The van der Waals surface area contributed by atoms with Gasteiger partial charge in [0, 0.05) is 12.2 Å². The van der Waals surface area contributed by atoms with Crippen molar-refractivity contribution in [1.82, 2.24) is 20.4 Å². The Morgan fingerprint density at radius 1 is 1.24 bits per heavy atom. The Hall–Kier alpha value is -3.01. The number of carbonyl (C=O) groups excluding carboxylic acids is 3. The Balaban J connectivity index is 1.62. The molecule has 1 aromatic heterocycles. The molecule has 2 N–H and O–H groups in total. The first-order valence-corrected chi connectivity index (χ1v) is 10.2. The van der Waals surface area contributed by atoms with Crippen LogP contribution in [0.3, 0.4) is 0 Å². The zero-order valence-electron chi connectivity index (χ0n) is 16.3. The number of urea groups is 1. The second-order valence-corrected chi connectivity index (χ2v) is 7.59. The van der Waals surface area contributed by atoms with Gasteiger partial charge >= 0.3 is 12.0 Å². The molecule has 10 heteroatoms. The molecular weight excluding hydrogens is 394 g/mol. The van der Waals surface area contributed by atoms with Crippen LogP contribution < -0.4 is 10.6 Å². The van der Waals surface area contributed by atoms with Crippen molar-refractivity contribution < 1.29 is 19.1 Å². The average Bonchev–Trinajstić information content (AvgIpc) is 3.37. The SMILES string of the molecule is CCOC(=O)CNC(=O)N1CCC[C@@H]1c1nnc(C(=O)Nc2ccc(C)cc2)s1. The van der Waals surface area contributed by atoms with Crippen molar-refractivity contribution in [2.24, 2.45) is 0 Å². The number of amides is 3. The summed E-state index contributed by atoms with van der Waals surface area (Å²) in [6.07, 6.45) is 1.53. The standard InChI is InChI=1S/C19H23N5O4S/c1-3-28-15(25)11-20-19(27)24-10-4-5-14(24)17-22-23-18(29-17)16(26)21-13-8-6-12(2)7-9-13/h6-9,14H,3-5,10-11H2,1-2H3,(H,20,27)(H,21,26)/t14-/m1/s1. The molecule has 1 saturated heterocycles. The maximum absolute atomic E-state index is 12.4. The summed E-state index contributed by atoms with van der Waals surface area (Å²) in [5.74, 6) is -0.823. The van der Waals surface area contributed by atoms with Gasteiger partial charge in [-0.3, -0.25) is 9.59 Å². The molecule has 1 fully saturated rings. The number of nitrogens with one attached hydrogen (secondary N) is 2. The molecule has 2 heterocycles. The summed E-state index contributed by atoms with van der Waals surface area (Å²) in [7, 11) is 0. The van der Waals surface area contributed by atoms with Gasteiger partial charge in [-0.1, -0.05) is 29.0 Å². The minimum atomic E-state index is -0.484. The van der Waals surface area contributed by atoms with Gasteiger partial charge in [0.2, 0.25) is 5.01 Å². The first kappa shape index (κ1) is 20.7. The van der Waals surface area contributed by atoms with Crippen LogP contribution >= 0.6 is 11.3 Å². The number of likely N-dealkylation sites (tertiary alicyclic amines) is 1. The fourth-order valence-corrected chi connectivity index (χ4v) is 3.90. The molecule has 0 unspecified atom stereocenters. The number of ether oxygens (including phenoxy) is 1. The van der Waals surface area contributed by atoms with E-state index in [2.05, 4.69) is 20.8 Å². The molecule has 2 aromatic rings. The van der Waals surface area contributed by atoms with Gasteiger partial charge in [-0.25, -0.2) is 4.79 Å². The zero-order chi connectivity index (χ0) is 20.8. The summed E-state index contributed by atoms with van der Waals surface area (Å²) in [6.45, 7) is 4.30.